The molecule has 170 valence electrons. The second-order valence-corrected chi connectivity index (χ2v) is 14.2. The zero-order chi connectivity index (χ0) is 21.7. The molecule has 0 aromatic heterocycles. The number of aliphatic hydroxyl groups is 1. The molecule has 0 spiro atoms. The molecule has 30 heavy (non-hydrogen) atoms. The molecule has 1 nitrogen and oxygen atoms in total. The van der Waals surface area contributed by atoms with E-state index in [-0.39, 0.29) is 11.5 Å². The van der Waals surface area contributed by atoms with Crippen molar-refractivity contribution in [2.24, 2.45) is 56.7 Å². The number of allylic oxidation sites excluding steroid dienone is 2. The molecule has 0 radical (unpaired) electrons. The third-order valence-corrected chi connectivity index (χ3v) is 12.8. The lowest BCUT2D eigenvalue weighted by molar-refractivity contribution is -0.217. The van der Waals surface area contributed by atoms with Gasteiger partial charge in [-0.1, -0.05) is 73.5 Å². The Morgan fingerprint density at radius 2 is 1.50 bits per heavy atom. The highest BCUT2D eigenvalue weighted by Crippen LogP contribution is 2.75. The Hall–Kier alpha value is -0.300. The minimum Gasteiger partial charge on any atom is -0.393 e. The first kappa shape index (κ1) is 21.5. The molecule has 4 fully saturated rings. The van der Waals surface area contributed by atoms with Gasteiger partial charge in [-0.2, -0.15) is 0 Å². The topological polar surface area (TPSA) is 20.2 Å². The summed E-state index contributed by atoms with van der Waals surface area (Å²) in [6, 6.07) is 0. The van der Waals surface area contributed by atoms with Crippen molar-refractivity contribution in [3.05, 3.63) is 12.2 Å². The first-order chi connectivity index (χ1) is 13.9. The number of rotatable bonds is 0. The maximum atomic E-state index is 10.9. The Labute approximate surface area is 186 Å². The van der Waals surface area contributed by atoms with Gasteiger partial charge in [0.25, 0.3) is 0 Å². The van der Waals surface area contributed by atoms with E-state index >= 15 is 0 Å². The van der Waals surface area contributed by atoms with Gasteiger partial charge in [-0.15, -0.1) is 0 Å². The predicted molar refractivity (Wildman–Crippen MR) is 126 cm³/mol. The number of aliphatic hydroxyl groups excluding tert-OH is 1. The van der Waals surface area contributed by atoms with Gasteiger partial charge in [-0.25, -0.2) is 0 Å². The fourth-order valence-electron chi connectivity index (χ4n) is 10.8. The van der Waals surface area contributed by atoms with Gasteiger partial charge >= 0.3 is 0 Å². The highest BCUT2D eigenvalue weighted by Gasteiger charge is 2.68. The molecule has 10 unspecified atom stereocenters. The summed E-state index contributed by atoms with van der Waals surface area (Å²) in [5.41, 5.74) is 1.76. The van der Waals surface area contributed by atoms with E-state index in [4.69, 9.17) is 0 Å². The van der Waals surface area contributed by atoms with E-state index in [1.807, 2.05) is 0 Å². The van der Waals surface area contributed by atoms with Crippen LogP contribution in [0.5, 0.6) is 0 Å². The van der Waals surface area contributed by atoms with E-state index in [0.29, 0.717) is 33.5 Å². The number of fused-ring (bicyclic) bond motifs is 7. The largest absolute Gasteiger partial charge is 0.393 e. The Balaban J connectivity index is 1.59. The molecular weight excluding hydrogens is 364 g/mol. The average Bonchev–Trinajstić information content (AvgIpc) is 2.66. The van der Waals surface area contributed by atoms with Crippen LogP contribution in [0.15, 0.2) is 12.2 Å². The van der Waals surface area contributed by atoms with Gasteiger partial charge in [-0.3, -0.25) is 0 Å². The smallest absolute Gasteiger partial charge is 0.0594 e. The predicted octanol–water partition coefficient (Wildman–Crippen LogP) is 7.63. The maximum Gasteiger partial charge on any atom is 0.0594 e. The minimum absolute atomic E-state index is 0.0446. The molecule has 1 heteroatoms. The van der Waals surface area contributed by atoms with Crippen molar-refractivity contribution in [1.29, 1.82) is 0 Å². The Morgan fingerprint density at radius 1 is 0.767 bits per heavy atom. The van der Waals surface area contributed by atoms with E-state index in [9.17, 15) is 5.11 Å². The van der Waals surface area contributed by atoms with Crippen LogP contribution in [0.2, 0.25) is 0 Å². The van der Waals surface area contributed by atoms with Crippen LogP contribution in [0.4, 0.5) is 0 Å². The normalized spacial score (nSPS) is 59.5. The van der Waals surface area contributed by atoms with Crippen LogP contribution in [0, 0.1) is 56.7 Å². The van der Waals surface area contributed by atoms with Crippen molar-refractivity contribution in [2.75, 3.05) is 0 Å². The summed E-state index contributed by atoms with van der Waals surface area (Å²) in [5, 5.41) is 10.9. The Morgan fingerprint density at radius 3 is 2.23 bits per heavy atom. The molecule has 0 saturated heterocycles. The molecule has 0 aromatic carbocycles. The zero-order valence-corrected chi connectivity index (χ0v) is 20.9. The van der Waals surface area contributed by atoms with Gasteiger partial charge in [0.15, 0.2) is 0 Å². The molecule has 4 saturated carbocycles. The zero-order valence-electron chi connectivity index (χ0n) is 20.9. The molecular formula is C29H48O. The first-order valence-electron chi connectivity index (χ1n) is 13.3. The van der Waals surface area contributed by atoms with Crippen molar-refractivity contribution < 1.29 is 5.11 Å². The standard InChI is InChI=1S/C29H48O/c1-19-9-8-14-26(4)17-18-28(6)20(24(19)26)10-11-22-27(5)15-13-23(30)25(2,3)21(27)12-16-29(22,28)7/h10-11,19-24,30H,8-9,12-18H2,1-7H3. The molecule has 0 aromatic rings. The lowest BCUT2D eigenvalue weighted by Crippen LogP contribution is -2.65. The van der Waals surface area contributed by atoms with Crippen molar-refractivity contribution in [1.82, 2.24) is 0 Å². The van der Waals surface area contributed by atoms with Gasteiger partial charge in [0, 0.05) is 0 Å². The second-order valence-electron chi connectivity index (χ2n) is 14.2. The highest BCUT2D eigenvalue weighted by molar-refractivity contribution is 5.25. The molecule has 0 aliphatic heterocycles. The van der Waals surface area contributed by atoms with Crippen molar-refractivity contribution in [2.45, 2.75) is 112 Å². The van der Waals surface area contributed by atoms with Gasteiger partial charge < -0.3 is 5.11 Å². The van der Waals surface area contributed by atoms with Crippen molar-refractivity contribution >= 4 is 0 Å². The SMILES string of the molecule is CC1CCCC2(C)CCC3(C)C(C=CC4C5(C)CCC(O)C(C)(C)C5CCC43C)C12. The molecule has 0 amide bonds. The third-order valence-electron chi connectivity index (χ3n) is 12.8. The summed E-state index contributed by atoms with van der Waals surface area (Å²) in [7, 11) is 0. The van der Waals surface area contributed by atoms with Crippen molar-refractivity contribution in [3.63, 3.8) is 0 Å². The molecule has 1 N–H and O–H groups in total. The number of hydrogen-bond acceptors (Lipinski definition) is 1. The molecule has 0 bridgehead atoms. The lowest BCUT2D eigenvalue weighted by atomic mass is 9.33. The summed E-state index contributed by atoms with van der Waals surface area (Å²) in [6.45, 7) is 17.9. The van der Waals surface area contributed by atoms with Gasteiger partial charge in [0.05, 0.1) is 6.10 Å². The quantitative estimate of drug-likeness (QED) is 0.405. The van der Waals surface area contributed by atoms with Crippen LogP contribution in [0.3, 0.4) is 0 Å². The van der Waals surface area contributed by atoms with Crippen molar-refractivity contribution in [3.8, 4) is 0 Å². The van der Waals surface area contributed by atoms with Crippen LogP contribution in [0.1, 0.15) is 106 Å². The first-order valence-corrected chi connectivity index (χ1v) is 13.3. The summed E-state index contributed by atoms with van der Waals surface area (Å²) in [4.78, 5) is 0. The van der Waals surface area contributed by atoms with Crippen LogP contribution in [-0.4, -0.2) is 11.2 Å². The van der Waals surface area contributed by atoms with E-state index in [2.05, 4.69) is 60.6 Å². The molecule has 0 heterocycles. The van der Waals surface area contributed by atoms with Crippen LogP contribution < -0.4 is 0 Å². The van der Waals surface area contributed by atoms with E-state index in [1.165, 1.54) is 51.4 Å². The molecule has 5 aliphatic rings. The van der Waals surface area contributed by atoms with E-state index in [1.54, 1.807) is 0 Å². The number of hydrogen-bond donors (Lipinski definition) is 1. The molecule has 5 aliphatic carbocycles. The van der Waals surface area contributed by atoms with Gasteiger partial charge in [0.2, 0.25) is 0 Å². The molecule has 10 atom stereocenters. The van der Waals surface area contributed by atoms with Gasteiger partial charge in [0.1, 0.15) is 0 Å². The fraction of sp³-hybridized carbons (Fsp3) is 0.931. The van der Waals surface area contributed by atoms with E-state index < -0.39 is 0 Å². The highest BCUT2D eigenvalue weighted by atomic mass is 16.3. The second kappa shape index (κ2) is 6.39. The molecule has 5 rings (SSSR count). The van der Waals surface area contributed by atoms with Crippen LogP contribution in [0.25, 0.3) is 0 Å². The summed E-state index contributed by atoms with van der Waals surface area (Å²) in [6.07, 6.45) is 17.4. The lowest BCUT2D eigenvalue weighted by Gasteiger charge is -2.72. The minimum atomic E-state index is -0.130. The van der Waals surface area contributed by atoms with Gasteiger partial charge in [-0.05, 0) is 102 Å². The van der Waals surface area contributed by atoms with E-state index in [0.717, 1.165) is 24.2 Å². The fourth-order valence-corrected chi connectivity index (χ4v) is 10.8. The average molecular weight is 413 g/mol. The summed E-state index contributed by atoms with van der Waals surface area (Å²) in [5.74, 6) is 3.80. The Kier molecular flexibility index (Phi) is 4.59. The van der Waals surface area contributed by atoms with Crippen LogP contribution in [-0.2, 0) is 0 Å². The van der Waals surface area contributed by atoms with Crippen LogP contribution >= 0.6 is 0 Å². The Bertz CT molecular complexity index is 737. The third kappa shape index (κ3) is 2.45. The summed E-state index contributed by atoms with van der Waals surface area (Å²) >= 11 is 0. The summed E-state index contributed by atoms with van der Waals surface area (Å²) < 4.78 is 0. The monoisotopic (exact) mass is 412 g/mol. The maximum absolute atomic E-state index is 10.9.